The zero-order valence-electron chi connectivity index (χ0n) is 12.0. The molecule has 2 rings (SSSR count). The first-order chi connectivity index (χ1) is 11.6. The van der Waals surface area contributed by atoms with Gasteiger partial charge in [-0.15, -0.1) is 0 Å². The number of hydrogen-bond acceptors (Lipinski definition) is 3. The molecule has 0 radical (unpaired) electrons. The SMILES string of the molecule is O=C(NN=Cc1cc(Br)cc(Br)c1O)c1ccc(C(F)(F)F)cc1F. The summed E-state index contributed by atoms with van der Waals surface area (Å²) in [5.74, 6) is -2.49. The lowest BCUT2D eigenvalue weighted by Gasteiger charge is -2.08. The summed E-state index contributed by atoms with van der Waals surface area (Å²) in [4.78, 5) is 11.8. The Hall–Kier alpha value is -1.94. The second kappa shape index (κ2) is 7.52. The van der Waals surface area contributed by atoms with Crippen molar-refractivity contribution in [3.8, 4) is 5.75 Å². The van der Waals surface area contributed by atoms with E-state index < -0.39 is 29.0 Å². The molecule has 0 aliphatic heterocycles. The van der Waals surface area contributed by atoms with E-state index in [2.05, 4.69) is 37.0 Å². The number of hydrogen-bond donors (Lipinski definition) is 2. The summed E-state index contributed by atoms with van der Waals surface area (Å²) in [5.41, 5.74) is 0.432. The van der Waals surface area contributed by atoms with E-state index in [0.29, 0.717) is 15.0 Å². The number of alkyl halides is 3. The summed E-state index contributed by atoms with van der Waals surface area (Å²) in [6.07, 6.45) is -3.61. The van der Waals surface area contributed by atoms with Crippen molar-refractivity contribution in [2.24, 2.45) is 5.10 Å². The molecule has 0 unspecified atom stereocenters. The van der Waals surface area contributed by atoms with Crippen molar-refractivity contribution in [2.75, 3.05) is 0 Å². The van der Waals surface area contributed by atoms with Gasteiger partial charge in [-0.1, -0.05) is 15.9 Å². The van der Waals surface area contributed by atoms with Gasteiger partial charge in [0.1, 0.15) is 11.6 Å². The van der Waals surface area contributed by atoms with Gasteiger partial charge >= 0.3 is 6.18 Å². The number of benzene rings is 2. The van der Waals surface area contributed by atoms with Gasteiger partial charge < -0.3 is 5.11 Å². The molecule has 0 fully saturated rings. The number of halogens is 6. The molecule has 2 aromatic rings. The van der Waals surface area contributed by atoms with Crippen LogP contribution in [0.1, 0.15) is 21.5 Å². The van der Waals surface area contributed by atoms with E-state index in [-0.39, 0.29) is 17.4 Å². The minimum absolute atomic E-state index is 0.137. The highest BCUT2D eigenvalue weighted by Crippen LogP contribution is 2.31. The quantitative estimate of drug-likeness (QED) is 0.373. The summed E-state index contributed by atoms with van der Waals surface area (Å²) < 4.78 is 52.1. The lowest BCUT2D eigenvalue weighted by Crippen LogP contribution is -2.19. The molecule has 0 spiro atoms. The maximum Gasteiger partial charge on any atom is 0.416 e. The number of hydrazone groups is 1. The van der Waals surface area contributed by atoms with E-state index in [4.69, 9.17) is 0 Å². The highest BCUT2D eigenvalue weighted by molar-refractivity contribution is 9.11. The van der Waals surface area contributed by atoms with Crippen LogP contribution in [0.15, 0.2) is 44.4 Å². The Morgan fingerprint density at radius 3 is 2.48 bits per heavy atom. The molecule has 2 aromatic carbocycles. The number of phenols is 1. The molecule has 132 valence electrons. The standard InChI is InChI=1S/C15H8Br2F4N2O2/c16-9-3-7(13(24)11(17)5-9)6-22-23-14(25)10-2-1-8(4-12(10)18)15(19,20)21/h1-6,24H,(H,23,25). The summed E-state index contributed by atoms with van der Waals surface area (Å²) >= 11 is 6.32. The molecule has 0 aromatic heterocycles. The van der Waals surface area contributed by atoms with Crippen LogP contribution in [-0.4, -0.2) is 17.2 Å². The molecule has 1 amide bonds. The summed E-state index contributed by atoms with van der Waals surface area (Å²) in [7, 11) is 0. The predicted octanol–water partition coefficient (Wildman–Crippen LogP) is 4.84. The van der Waals surface area contributed by atoms with Crippen LogP contribution in [0.2, 0.25) is 0 Å². The van der Waals surface area contributed by atoms with E-state index in [1.54, 1.807) is 6.07 Å². The fourth-order valence-corrected chi connectivity index (χ4v) is 3.04. The Labute approximate surface area is 155 Å². The second-order valence-corrected chi connectivity index (χ2v) is 6.49. The van der Waals surface area contributed by atoms with Gasteiger partial charge in [-0.2, -0.15) is 18.3 Å². The largest absolute Gasteiger partial charge is 0.506 e. The Morgan fingerprint density at radius 1 is 1.20 bits per heavy atom. The maximum absolute atomic E-state index is 13.7. The third kappa shape index (κ3) is 4.79. The van der Waals surface area contributed by atoms with Crippen molar-refractivity contribution in [2.45, 2.75) is 6.18 Å². The summed E-state index contributed by atoms with van der Waals surface area (Å²) in [6.45, 7) is 0. The van der Waals surface area contributed by atoms with Gasteiger partial charge in [0, 0.05) is 10.0 Å². The van der Waals surface area contributed by atoms with E-state index in [9.17, 15) is 27.5 Å². The third-order valence-electron chi connectivity index (χ3n) is 2.97. The van der Waals surface area contributed by atoms with Crippen LogP contribution in [0.5, 0.6) is 5.75 Å². The van der Waals surface area contributed by atoms with Crippen LogP contribution in [-0.2, 0) is 6.18 Å². The molecule has 0 heterocycles. The topological polar surface area (TPSA) is 61.7 Å². The molecule has 0 atom stereocenters. The van der Waals surface area contributed by atoms with Gasteiger partial charge in [0.2, 0.25) is 0 Å². The first kappa shape index (κ1) is 19.4. The highest BCUT2D eigenvalue weighted by Gasteiger charge is 2.31. The second-order valence-electron chi connectivity index (χ2n) is 4.72. The molecule has 0 aliphatic rings. The lowest BCUT2D eigenvalue weighted by molar-refractivity contribution is -0.137. The highest BCUT2D eigenvalue weighted by atomic mass is 79.9. The number of carbonyl (C=O) groups excluding carboxylic acids is 1. The van der Waals surface area contributed by atoms with Crippen LogP contribution in [0, 0.1) is 5.82 Å². The molecule has 2 N–H and O–H groups in total. The molecule has 10 heteroatoms. The number of nitrogens with zero attached hydrogens (tertiary/aromatic N) is 1. The van der Waals surface area contributed by atoms with Crippen molar-refractivity contribution in [1.82, 2.24) is 5.43 Å². The van der Waals surface area contributed by atoms with E-state index in [0.717, 1.165) is 12.3 Å². The average molecular weight is 484 g/mol. The number of aromatic hydroxyl groups is 1. The normalized spacial score (nSPS) is 11.8. The van der Waals surface area contributed by atoms with Crippen molar-refractivity contribution in [1.29, 1.82) is 0 Å². The molecule has 4 nitrogen and oxygen atoms in total. The van der Waals surface area contributed by atoms with Crippen LogP contribution in [0.3, 0.4) is 0 Å². The Bertz CT molecular complexity index is 854. The van der Waals surface area contributed by atoms with Crippen LogP contribution in [0.4, 0.5) is 17.6 Å². The van der Waals surface area contributed by atoms with E-state index in [1.165, 1.54) is 6.07 Å². The lowest BCUT2D eigenvalue weighted by atomic mass is 10.1. The number of rotatable bonds is 3. The molecular formula is C15H8Br2F4N2O2. The Balaban J connectivity index is 2.16. The smallest absolute Gasteiger partial charge is 0.416 e. The Kier molecular flexibility index (Phi) is 5.83. The Morgan fingerprint density at radius 2 is 1.88 bits per heavy atom. The van der Waals surface area contributed by atoms with Gasteiger partial charge in [-0.3, -0.25) is 4.79 Å². The third-order valence-corrected chi connectivity index (χ3v) is 4.03. The zero-order chi connectivity index (χ0) is 18.8. The first-order valence-corrected chi connectivity index (χ1v) is 8.06. The molecule has 0 bridgehead atoms. The molecule has 0 saturated heterocycles. The molecule has 0 saturated carbocycles. The van der Waals surface area contributed by atoms with Crippen molar-refractivity contribution < 1.29 is 27.5 Å². The fraction of sp³-hybridized carbons (Fsp3) is 0.0667. The van der Waals surface area contributed by atoms with Crippen molar-refractivity contribution in [3.05, 3.63) is 61.8 Å². The molecule has 25 heavy (non-hydrogen) atoms. The number of amides is 1. The average Bonchev–Trinajstić information content (AvgIpc) is 2.50. The maximum atomic E-state index is 13.7. The van der Waals surface area contributed by atoms with Crippen LogP contribution >= 0.6 is 31.9 Å². The van der Waals surface area contributed by atoms with Crippen LogP contribution in [0.25, 0.3) is 0 Å². The van der Waals surface area contributed by atoms with Crippen molar-refractivity contribution >= 4 is 44.0 Å². The van der Waals surface area contributed by atoms with E-state index >= 15 is 0 Å². The van der Waals surface area contributed by atoms with Gasteiger partial charge in [-0.05, 0) is 46.3 Å². The monoisotopic (exact) mass is 482 g/mol. The number of nitrogens with one attached hydrogen (secondary N) is 1. The molecule has 0 aliphatic carbocycles. The summed E-state index contributed by atoms with van der Waals surface area (Å²) in [6, 6.07) is 4.64. The zero-order valence-corrected chi connectivity index (χ0v) is 15.2. The minimum atomic E-state index is -4.71. The summed E-state index contributed by atoms with van der Waals surface area (Å²) in [5, 5.41) is 13.4. The van der Waals surface area contributed by atoms with Gasteiger partial charge in [-0.25, -0.2) is 9.82 Å². The predicted molar refractivity (Wildman–Crippen MR) is 90.0 cm³/mol. The number of phenolic OH excluding ortho intramolecular Hbond substituents is 1. The number of carbonyl (C=O) groups is 1. The van der Waals surface area contributed by atoms with Gasteiger partial charge in [0.25, 0.3) is 5.91 Å². The first-order valence-electron chi connectivity index (χ1n) is 6.47. The van der Waals surface area contributed by atoms with Crippen molar-refractivity contribution in [3.63, 3.8) is 0 Å². The van der Waals surface area contributed by atoms with E-state index in [1.807, 2.05) is 5.43 Å². The minimum Gasteiger partial charge on any atom is -0.506 e. The van der Waals surface area contributed by atoms with Gasteiger partial charge in [0.15, 0.2) is 0 Å². The van der Waals surface area contributed by atoms with Gasteiger partial charge in [0.05, 0.1) is 21.8 Å². The van der Waals surface area contributed by atoms with Crippen LogP contribution < -0.4 is 5.43 Å². The molecular weight excluding hydrogens is 476 g/mol. The fourth-order valence-electron chi connectivity index (χ4n) is 1.78.